The minimum absolute atomic E-state index is 0.198. The number of carbonyl (C=O) groups excluding carboxylic acids is 1. The molecule has 0 aliphatic carbocycles. The maximum absolute atomic E-state index is 12.0. The molecule has 3 nitrogen and oxygen atoms in total. The number of benzene rings is 1. The van der Waals surface area contributed by atoms with E-state index in [1.807, 2.05) is 24.3 Å². The van der Waals surface area contributed by atoms with E-state index >= 15 is 0 Å². The third-order valence-corrected chi connectivity index (χ3v) is 4.58. The summed E-state index contributed by atoms with van der Waals surface area (Å²) in [5.74, 6) is 0.596. The van der Waals surface area contributed by atoms with Gasteiger partial charge in [0.2, 0.25) is 0 Å². The summed E-state index contributed by atoms with van der Waals surface area (Å²) in [7, 11) is 0. The molecule has 1 N–H and O–H groups in total. The number of ketones is 1. The molecule has 1 saturated heterocycles. The summed E-state index contributed by atoms with van der Waals surface area (Å²) in [5.41, 5.74) is 0.778. The molecule has 1 heterocycles. The molecule has 1 aromatic carbocycles. The summed E-state index contributed by atoms with van der Waals surface area (Å²) in [4.78, 5) is 14.3. The van der Waals surface area contributed by atoms with Crippen molar-refractivity contribution < 1.29 is 9.90 Å². The lowest BCUT2D eigenvalue weighted by molar-refractivity contribution is 0.0287. The van der Waals surface area contributed by atoms with E-state index < -0.39 is 0 Å². The predicted molar refractivity (Wildman–Crippen MR) is 83.9 cm³/mol. The number of aliphatic hydroxyl groups is 1. The van der Waals surface area contributed by atoms with E-state index in [9.17, 15) is 9.90 Å². The Morgan fingerprint density at radius 2 is 2.10 bits per heavy atom. The third kappa shape index (κ3) is 4.40. The van der Waals surface area contributed by atoms with Crippen molar-refractivity contribution in [2.75, 3.05) is 19.6 Å². The Labute approximate surface area is 129 Å². The number of β-amino-alcohol motifs (C(OH)–C–C–N with tert-alkyl or cyclic N) is 1. The fourth-order valence-electron chi connectivity index (χ4n) is 2.56. The first-order valence-corrected chi connectivity index (χ1v) is 8.05. The smallest absolute Gasteiger partial charge is 0.162 e. The highest BCUT2D eigenvalue weighted by atomic mass is 79.9. The van der Waals surface area contributed by atoms with Crippen molar-refractivity contribution in [3.63, 3.8) is 0 Å². The Morgan fingerprint density at radius 1 is 1.40 bits per heavy atom. The molecule has 0 radical (unpaired) electrons. The minimum atomic E-state index is -0.217. The minimum Gasteiger partial charge on any atom is -0.392 e. The van der Waals surface area contributed by atoms with Gasteiger partial charge in [0.25, 0.3) is 0 Å². The standard InChI is InChI=1S/C16H22BrNO2/c1-12-8-10-18(11-16(12)20)9-2-3-15(19)13-4-6-14(17)7-5-13/h4-7,12,16,20H,2-3,8-11H2,1H3. The van der Waals surface area contributed by atoms with Gasteiger partial charge in [0.15, 0.2) is 5.78 Å². The van der Waals surface area contributed by atoms with E-state index in [1.54, 1.807) is 0 Å². The summed E-state index contributed by atoms with van der Waals surface area (Å²) in [6.07, 6.45) is 2.26. The lowest BCUT2D eigenvalue weighted by Gasteiger charge is -2.34. The second kappa shape index (κ2) is 7.34. The van der Waals surface area contributed by atoms with Crippen molar-refractivity contribution in [3.8, 4) is 0 Å². The highest BCUT2D eigenvalue weighted by Gasteiger charge is 2.23. The molecule has 2 unspecified atom stereocenters. The second-order valence-electron chi connectivity index (χ2n) is 5.67. The molecule has 2 atom stereocenters. The van der Waals surface area contributed by atoms with Crippen molar-refractivity contribution in [1.82, 2.24) is 4.90 Å². The van der Waals surface area contributed by atoms with Gasteiger partial charge in [0.1, 0.15) is 0 Å². The zero-order valence-electron chi connectivity index (χ0n) is 11.9. The lowest BCUT2D eigenvalue weighted by Crippen LogP contribution is -2.43. The van der Waals surface area contributed by atoms with Gasteiger partial charge in [0, 0.05) is 23.0 Å². The van der Waals surface area contributed by atoms with E-state index in [2.05, 4.69) is 27.8 Å². The molecule has 0 saturated carbocycles. The van der Waals surface area contributed by atoms with Gasteiger partial charge in [-0.3, -0.25) is 4.79 Å². The number of Topliss-reactive ketones (excluding diaryl/α,β-unsaturated/α-hetero) is 1. The summed E-state index contributed by atoms with van der Waals surface area (Å²) < 4.78 is 0.991. The Hall–Kier alpha value is -0.710. The number of nitrogens with zero attached hydrogens (tertiary/aromatic N) is 1. The summed E-state index contributed by atoms with van der Waals surface area (Å²) in [6.45, 7) is 4.77. The molecule has 0 amide bonds. The first kappa shape index (κ1) is 15.7. The van der Waals surface area contributed by atoms with E-state index in [0.717, 1.165) is 42.5 Å². The van der Waals surface area contributed by atoms with Crippen molar-refractivity contribution in [1.29, 1.82) is 0 Å². The fraction of sp³-hybridized carbons (Fsp3) is 0.562. The molecular weight excluding hydrogens is 318 g/mol. The summed E-state index contributed by atoms with van der Waals surface area (Å²) >= 11 is 3.37. The SMILES string of the molecule is CC1CCN(CCCC(=O)c2ccc(Br)cc2)CC1O. The maximum Gasteiger partial charge on any atom is 0.162 e. The number of aliphatic hydroxyl groups excluding tert-OH is 1. The molecule has 1 aliphatic heterocycles. The summed E-state index contributed by atoms with van der Waals surface area (Å²) in [5, 5.41) is 9.85. The molecule has 4 heteroatoms. The van der Waals surface area contributed by atoms with Crippen LogP contribution < -0.4 is 0 Å². The van der Waals surface area contributed by atoms with Crippen LogP contribution in [-0.4, -0.2) is 41.5 Å². The highest BCUT2D eigenvalue weighted by molar-refractivity contribution is 9.10. The van der Waals surface area contributed by atoms with Gasteiger partial charge in [-0.15, -0.1) is 0 Å². The molecule has 0 spiro atoms. The highest BCUT2D eigenvalue weighted by Crippen LogP contribution is 2.18. The average molecular weight is 340 g/mol. The first-order chi connectivity index (χ1) is 9.56. The molecule has 2 rings (SSSR count). The van der Waals surface area contributed by atoms with Crippen molar-refractivity contribution in [2.24, 2.45) is 5.92 Å². The van der Waals surface area contributed by atoms with Crippen LogP contribution in [0.25, 0.3) is 0 Å². The number of likely N-dealkylation sites (tertiary alicyclic amines) is 1. The Kier molecular flexibility index (Phi) is 5.75. The molecule has 0 bridgehead atoms. The molecule has 1 aromatic rings. The Balaban J connectivity index is 1.73. The van der Waals surface area contributed by atoms with Crippen molar-refractivity contribution in [3.05, 3.63) is 34.3 Å². The van der Waals surface area contributed by atoms with E-state index in [4.69, 9.17) is 0 Å². The van der Waals surface area contributed by atoms with Gasteiger partial charge in [-0.05, 0) is 44.0 Å². The monoisotopic (exact) mass is 339 g/mol. The normalized spacial score (nSPS) is 23.8. The molecular formula is C16H22BrNO2. The van der Waals surface area contributed by atoms with Crippen molar-refractivity contribution >= 4 is 21.7 Å². The lowest BCUT2D eigenvalue weighted by atomic mass is 9.96. The van der Waals surface area contributed by atoms with Crippen LogP contribution in [0.4, 0.5) is 0 Å². The maximum atomic E-state index is 12.0. The fourth-order valence-corrected chi connectivity index (χ4v) is 2.83. The number of halogens is 1. The van der Waals surface area contributed by atoms with Crippen molar-refractivity contribution in [2.45, 2.75) is 32.3 Å². The molecule has 20 heavy (non-hydrogen) atoms. The molecule has 110 valence electrons. The van der Waals surface area contributed by atoms with Gasteiger partial charge in [0.05, 0.1) is 6.10 Å². The Morgan fingerprint density at radius 3 is 2.75 bits per heavy atom. The van der Waals surface area contributed by atoms with Gasteiger partial charge >= 0.3 is 0 Å². The first-order valence-electron chi connectivity index (χ1n) is 7.25. The summed E-state index contributed by atoms with van der Waals surface area (Å²) in [6, 6.07) is 7.52. The predicted octanol–water partition coefficient (Wildman–Crippen LogP) is 3.11. The van der Waals surface area contributed by atoms with Gasteiger partial charge < -0.3 is 10.0 Å². The molecule has 1 fully saturated rings. The van der Waals surface area contributed by atoms with Gasteiger partial charge in [-0.25, -0.2) is 0 Å². The zero-order chi connectivity index (χ0) is 14.5. The van der Waals surface area contributed by atoms with Crippen LogP contribution in [0.3, 0.4) is 0 Å². The quantitative estimate of drug-likeness (QED) is 0.838. The number of rotatable bonds is 5. The second-order valence-corrected chi connectivity index (χ2v) is 6.58. The van der Waals surface area contributed by atoms with Crippen LogP contribution in [-0.2, 0) is 0 Å². The third-order valence-electron chi connectivity index (χ3n) is 4.05. The van der Waals surface area contributed by atoms with Crippen LogP contribution in [0.2, 0.25) is 0 Å². The van der Waals surface area contributed by atoms with Crippen LogP contribution in [0.1, 0.15) is 36.5 Å². The van der Waals surface area contributed by atoms with E-state index in [1.165, 1.54) is 0 Å². The van der Waals surface area contributed by atoms with E-state index in [0.29, 0.717) is 12.3 Å². The number of piperidine rings is 1. The molecule has 1 aliphatic rings. The largest absolute Gasteiger partial charge is 0.392 e. The molecule has 0 aromatic heterocycles. The average Bonchev–Trinajstić information content (AvgIpc) is 2.43. The number of hydrogen-bond donors (Lipinski definition) is 1. The zero-order valence-corrected chi connectivity index (χ0v) is 13.5. The van der Waals surface area contributed by atoms with Gasteiger partial charge in [-0.2, -0.15) is 0 Å². The van der Waals surface area contributed by atoms with Crippen LogP contribution >= 0.6 is 15.9 Å². The van der Waals surface area contributed by atoms with Crippen LogP contribution in [0, 0.1) is 5.92 Å². The van der Waals surface area contributed by atoms with Crippen LogP contribution in [0.15, 0.2) is 28.7 Å². The number of hydrogen-bond acceptors (Lipinski definition) is 3. The Bertz CT molecular complexity index is 446. The number of carbonyl (C=O) groups is 1. The van der Waals surface area contributed by atoms with Crippen LogP contribution in [0.5, 0.6) is 0 Å². The topological polar surface area (TPSA) is 40.5 Å². The van der Waals surface area contributed by atoms with E-state index in [-0.39, 0.29) is 11.9 Å². The van der Waals surface area contributed by atoms with Gasteiger partial charge in [-0.1, -0.05) is 35.0 Å².